The molecule has 0 unspecified atom stereocenters. The van der Waals surface area contributed by atoms with Crippen molar-refractivity contribution in [3.63, 3.8) is 0 Å². The molecule has 1 heterocycles. The normalized spacial score (nSPS) is 11.2. The standard InChI is InChI=1S/C22H24N2O4S2/c1-16-13-17(2)15-20(14-16)28-11-10-23-22(25)18-6-8-19(9-7-18)24(3)30(26,27)21-5-4-12-29-21/h4-9,12-15H,10-11H2,1-3H3,(H,23,25). The molecule has 0 aliphatic heterocycles. The van der Waals surface area contributed by atoms with E-state index in [1.807, 2.05) is 26.0 Å². The molecule has 0 fully saturated rings. The first-order valence-electron chi connectivity index (χ1n) is 9.39. The van der Waals surface area contributed by atoms with Crippen LogP contribution < -0.4 is 14.4 Å². The fraction of sp³-hybridized carbons (Fsp3) is 0.227. The van der Waals surface area contributed by atoms with Gasteiger partial charge in [-0.15, -0.1) is 11.3 Å². The molecule has 0 radical (unpaired) electrons. The van der Waals surface area contributed by atoms with Crippen LogP contribution in [0.15, 0.2) is 64.2 Å². The van der Waals surface area contributed by atoms with Gasteiger partial charge in [0.25, 0.3) is 15.9 Å². The summed E-state index contributed by atoms with van der Waals surface area (Å²) in [6.45, 7) is 4.73. The second kappa shape index (κ2) is 9.32. The molecule has 1 N–H and O–H groups in total. The van der Waals surface area contributed by atoms with Crippen LogP contribution in [0.25, 0.3) is 0 Å². The van der Waals surface area contributed by atoms with Crippen LogP contribution in [0.3, 0.4) is 0 Å². The van der Waals surface area contributed by atoms with E-state index in [4.69, 9.17) is 4.74 Å². The molecule has 6 nitrogen and oxygen atoms in total. The van der Waals surface area contributed by atoms with Crippen molar-refractivity contribution in [2.75, 3.05) is 24.5 Å². The maximum Gasteiger partial charge on any atom is 0.273 e. The summed E-state index contributed by atoms with van der Waals surface area (Å²) < 4.78 is 32.3. The molecular formula is C22H24N2O4S2. The van der Waals surface area contributed by atoms with Crippen molar-refractivity contribution in [3.8, 4) is 5.75 Å². The van der Waals surface area contributed by atoms with Crippen molar-refractivity contribution in [2.45, 2.75) is 18.1 Å². The van der Waals surface area contributed by atoms with Gasteiger partial charge in [-0.1, -0.05) is 12.1 Å². The van der Waals surface area contributed by atoms with E-state index in [0.29, 0.717) is 24.4 Å². The number of ether oxygens (including phenoxy) is 1. The number of rotatable bonds is 8. The number of nitrogens with one attached hydrogen (secondary N) is 1. The molecule has 158 valence electrons. The Kier molecular flexibility index (Phi) is 6.79. The minimum absolute atomic E-state index is 0.241. The number of sulfonamides is 1. The quantitative estimate of drug-likeness (QED) is 0.533. The van der Waals surface area contributed by atoms with Crippen LogP contribution in [0.5, 0.6) is 5.75 Å². The van der Waals surface area contributed by atoms with Crippen LogP contribution in [0, 0.1) is 13.8 Å². The van der Waals surface area contributed by atoms with E-state index in [-0.39, 0.29) is 10.1 Å². The zero-order chi connectivity index (χ0) is 21.7. The smallest absolute Gasteiger partial charge is 0.273 e. The molecule has 1 amide bonds. The van der Waals surface area contributed by atoms with Gasteiger partial charge in [-0.3, -0.25) is 9.10 Å². The minimum Gasteiger partial charge on any atom is -0.492 e. The van der Waals surface area contributed by atoms with Gasteiger partial charge >= 0.3 is 0 Å². The van der Waals surface area contributed by atoms with E-state index in [2.05, 4.69) is 11.4 Å². The summed E-state index contributed by atoms with van der Waals surface area (Å²) in [5.41, 5.74) is 3.19. The van der Waals surface area contributed by atoms with E-state index in [1.54, 1.807) is 41.8 Å². The topological polar surface area (TPSA) is 75.7 Å². The molecule has 0 atom stereocenters. The SMILES string of the molecule is Cc1cc(C)cc(OCCNC(=O)c2ccc(N(C)S(=O)(=O)c3cccs3)cc2)c1. The third-order valence-corrected chi connectivity index (χ3v) is 7.61. The predicted octanol–water partition coefficient (Wildman–Crippen LogP) is 4.00. The minimum atomic E-state index is -3.60. The number of aryl methyl sites for hydroxylation is 2. The van der Waals surface area contributed by atoms with Gasteiger partial charge in [0.1, 0.15) is 16.6 Å². The van der Waals surface area contributed by atoms with Crippen molar-refractivity contribution in [1.29, 1.82) is 0 Å². The summed E-state index contributed by atoms with van der Waals surface area (Å²) in [5, 5.41) is 4.53. The van der Waals surface area contributed by atoms with Gasteiger partial charge in [0, 0.05) is 12.6 Å². The van der Waals surface area contributed by atoms with Crippen molar-refractivity contribution < 1.29 is 17.9 Å². The van der Waals surface area contributed by atoms with Crippen LogP contribution >= 0.6 is 11.3 Å². The van der Waals surface area contributed by atoms with E-state index < -0.39 is 10.0 Å². The van der Waals surface area contributed by atoms with Crippen molar-refractivity contribution >= 4 is 33.0 Å². The van der Waals surface area contributed by atoms with Crippen LogP contribution in [-0.4, -0.2) is 34.5 Å². The highest BCUT2D eigenvalue weighted by molar-refractivity contribution is 7.94. The average Bonchev–Trinajstić information content (AvgIpc) is 3.26. The number of amides is 1. The zero-order valence-corrected chi connectivity index (χ0v) is 18.7. The lowest BCUT2D eigenvalue weighted by atomic mass is 10.1. The Morgan fingerprint density at radius 3 is 2.33 bits per heavy atom. The zero-order valence-electron chi connectivity index (χ0n) is 17.1. The fourth-order valence-electron chi connectivity index (χ4n) is 2.96. The number of hydrogen-bond donors (Lipinski definition) is 1. The molecule has 0 aliphatic rings. The molecule has 0 spiro atoms. The highest BCUT2D eigenvalue weighted by Gasteiger charge is 2.22. The maximum atomic E-state index is 12.6. The average molecular weight is 445 g/mol. The number of carbonyl (C=O) groups excluding carboxylic acids is 1. The van der Waals surface area contributed by atoms with Crippen molar-refractivity contribution in [2.24, 2.45) is 0 Å². The van der Waals surface area contributed by atoms with Crippen LogP contribution in [0.4, 0.5) is 5.69 Å². The van der Waals surface area contributed by atoms with Crippen LogP contribution in [-0.2, 0) is 10.0 Å². The molecule has 0 aliphatic carbocycles. The Labute approximate surface area is 181 Å². The molecule has 8 heteroatoms. The third kappa shape index (κ3) is 5.20. The van der Waals surface area contributed by atoms with Crippen molar-refractivity contribution in [1.82, 2.24) is 5.32 Å². The maximum absolute atomic E-state index is 12.6. The first-order chi connectivity index (χ1) is 14.3. The molecule has 1 aromatic heterocycles. The van der Waals surface area contributed by atoms with Crippen LogP contribution in [0.2, 0.25) is 0 Å². The summed E-state index contributed by atoms with van der Waals surface area (Å²) >= 11 is 1.17. The van der Waals surface area contributed by atoms with Gasteiger partial charge < -0.3 is 10.1 Å². The lowest BCUT2D eigenvalue weighted by molar-refractivity contribution is 0.0947. The largest absolute Gasteiger partial charge is 0.492 e. The molecular weight excluding hydrogens is 420 g/mol. The molecule has 0 saturated carbocycles. The van der Waals surface area contributed by atoms with E-state index in [9.17, 15) is 13.2 Å². The number of thiophene rings is 1. The fourth-order valence-corrected chi connectivity index (χ4v) is 5.32. The highest BCUT2D eigenvalue weighted by atomic mass is 32.2. The monoisotopic (exact) mass is 444 g/mol. The van der Waals surface area contributed by atoms with Gasteiger partial charge in [0.15, 0.2) is 0 Å². The summed E-state index contributed by atoms with van der Waals surface area (Å²) in [7, 11) is -2.10. The van der Waals surface area contributed by atoms with Gasteiger partial charge in [0.05, 0.1) is 12.2 Å². The lowest BCUT2D eigenvalue weighted by Gasteiger charge is -2.18. The van der Waals surface area contributed by atoms with E-state index in [1.165, 1.54) is 22.7 Å². The number of anilines is 1. The molecule has 30 heavy (non-hydrogen) atoms. The highest BCUT2D eigenvalue weighted by Crippen LogP contribution is 2.25. The summed E-state index contributed by atoms with van der Waals surface area (Å²) in [6, 6.07) is 15.7. The second-order valence-corrected chi connectivity index (χ2v) is 10.0. The van der Waals surface area contributed by atoms with Gasteiger partial charge in [-0.2, -0.15) is 0 Å². The number of benzene rings is 2. The van der Waals surface area contributed by atoms with Crippen molar-refractivity contribution in [3.05, 3.63) is 76.7 Å². The Hall–Kier alpha value is -2.84. The summed E-state index contributed by atoms with van der Waals surface area (Å²) in [5.74, 6) is 0.537. The Bertz CT molecular complexity index is 1090. The molecule has 3 rings (SSSR count). The number of nitrogens with zero attached hydrogens (tertiary/aromatic N) is 1. The Morgan fingerprint density at radius 2 is 1.73 bits per heavy atom. The molecule has 3 aromatic rings. The summed E-state index contributed by atoms with van der Waals surface area (Å²) in [4.78, 5) is 12.3. The van der Waals surface area contributed by atoms with Gasteiger partial charge in [0.2, 0.25) is 0 Å². The number of hydrogen-bond acceptors (Lipinski definition) is 5. The predicted molar refractivity (Wildman–Crippen MR) is 120 cm³/mol. The molecule has 2 aromatic carbocycles. The van der Waals surface area contributed by atoms with E-state index in [0.717, 1.165) is 16.9 Å². The lowest BCUT2D eigenvalue weighted by Crippen LogP contribution is -2.28. The molecule has 0 saturated heterocycles. The first-order valence-corrected chi connectivity index (χ1v) is 11.7. The third-order valence-electron chi connectivity index (χ3n) is 4.45. The number of carbonyl (C=O) groups is 1. The van der Waals surface area contributed by atoms with Crippen LogP contribution in [0.1, 0.15) is 21.5 Å². The summed E-state index contributed by atoms with van der Waals surface area (Å²) in [6.07, 6.45) is 0. The van der Waals surface area contributed by atoms with E-state index >= 15 is 0 Å². The Morgan fingerprint density at radius 1 is 1.07 bits per heavy atom. The molecule has 0 bridgehead atoms. The Balaban J connectivity index is 1.54. The van der Waals surface area contributed by atoms with Gasteiger partial charge in [-0.05, 0) is 72.8 Å². The van der Waals surface area contributed by atoms with Gasteiger partial charge in [-0.25, -0.2) is 8.42 Å². The first kappa shape index (κ1) is 21.9. The second-order valence-electron chi connectivity index (χ2n) is 6.88.